The Hall–Kier alpha value is -3.01. The van der Waals surface area contributed by atoms with E-state index in [2.05, 4.69) is 0 Å². The Bertz CT molecular complexity index is 1190. The van der Waals surface area contributed by atoms with E-state index in [1.807, 2.05) is 6.92 Å². The number of hydrogen-bond acceptors (Lipinski definition) is 6. The molecule has 0 aliphatic carbocycles. The summed E-state index contributed by atoms with van der Waals surface area (Å²) < 4.78 is 24.9. The van der Waals surface area contributed by atoms with Gasteiger partial charge in [-0.15, -0.1) is 0 Å². The van der Waals surface area contributed by atoms with Crippen LogP contribution in [0.3, 0.4) is 0 Å². The van der Waals surface area contributed by atoms with Crippen LogP contribution in [-0.2, 0) is 14.3 Å². The molecule has 3 atom stereocenters. The number of ether oxygens (including phenoxy) is 2. The molecule has 2 aromatic carbocycles. The summed E-state index contributed by atoms with van der Waals surface area (Å²) in [7, 11) is 1.27. The van der Waals surface area contributed by atoms with Crippen molar-refractivity contribution in [3.05, 3.63) is 58.4 Å². The highest BCUT2D eigenvalue weighted by atomic mass is 35.5. The van der Waals surface area contributed by atoms with Crippen molar-refractivity contribution < 1.29 is 32.7 Å². The minimum Gasteiger partial charge on any atom is -0.423 e. The molecule has 2 unspecified atom stereocenters. The summed E-state index contributed by atoms with van der Waals surface area (Å²) in [6.07, 6.45) is 1.21. The smallest absolute Gasteiger partial charge is 0.423 e. The summed E-state index contributed by atoms with van der Waals surface area (Å²) in [5.41, 5.74) is 7.42. The van der Waals surface area contributed by atoms with Gasteiger partial charge in [0.2, 0.25) is 0 Å². The number of nitrogen functional groups attached to an aromatic ring is 1. The summed E-state index contributed by atoms with van der Waals surface area (Å²) in [4.78, 5) is 40.9. The first-order chi connectivity index (χ1) is 17.2. The van der Waals surface area contributed by atoms with Gasteiger partial charge in [0.05, 0.1) is 30.3 Å². The number of amides is 3. The largest absolute Gasteiger partial charge is 0.523 e. The van der Waals surface area contributed by atoms with E-state index in [0.717, 1.165) is 12.8 Å². The Morgan fingerprint density at radius 3 is 2.61 bits per heavy atom. The number of methoxy groups -OCH3 is 1. The number of rotatable bonds is 4. The Balaban J connectivity index is 1.61. The second kappa shape index (κ2) is 10.5. The molecule has 2 heterocycles. The van der Waals surface area contributed by atoms with E-state index in [0.29, 0.717) is 42.9 Å². The van der Waals surface area contributed by atoms with Gasteiger partial charge in [-0.05, 0) is 56.2 Å². The zero-order valence-corrected chi connectivity index (χ0v) is 21.1. The van der Waals surface area contributed by atoms with Crippen LogP contribution in [0.2, 0.25) is 5.02 Å². The van der Waals surface area contributed by atoms with Crippen LogP contribution < -0.4 is 10.6 Å². The topological polar surface area (TPSA) is 98.9 Å². The monoisotopic (exact) mass is 518 g/mol. The van der Waals surface area contributed by atoms with Crippen molar-refractivity contribution in [2.75, 3.05) is 37.4 Å². The molecule has 0 bridgehead atoms. The molecule has 8 nitrogen and oxygen atoms in total. The molecule has 1 saturated heterocycles. The maximum Gasteiger partial charge on any atom is 0.523 e. The fraction of sp³-hybridized carbons (Fsp3) is 0.423. The number of imide groups is 1. The number of carbonyl (C=O) groups is 3. The standard InChI is InChI=1S/C26H29ClFN3O5/c1-16-5-4-12-31(16,26(34)35-2)24(32)15-36-23-6-3-11-30(22-10-7-17(28)13-20(22)23)25(33)19-9-8-18(29)14-21(19)27/h7-10,13-14,16,23H,3-6,11-12,15H2,1-2H3,(H-,29,33)/p+1/t16-,23?,31?/m1/s1. The molecule has 0 radical (unpaired) electrons. The lowest BCUT2D eigenvalue weighted by Crippen LogP contribution is -2.60. The zero-order chi connectivity index (χ0) is 26.0. The maximum absolute atomic E-state index is 14.3. The van der Waals surface area contributed by atoms with E-state index < -0.39 is 28.4 Å². The predicted molar refractivity (Wildman–Crippen MR) is 133 cm³/mol. The van der Waals surface area contributed by atoms with Crippen LogP contribution in [0.25, 0.3) is 0 Å². The lowest BCUT2D eigenvalue weighted by Gasteiger charge is -2.31. The number of hydrogen-bond donors (Lipinski definition) is 1. The van der Waals surface area contributed by atoms with E-state index in [1.165, 1.54) is 31.4 Å². The van der Waals surface area contributed by atoms with Crippen LogP contribution in [0.4, 0.5) is 20.6 Å². The number of carbonyl (C=O) groups excluding carboxylic acids is 3. The fourth-order valence-electron chi connectivity index (χ4n) is 5.24. The third-order valence-electron chi connectivity index (χ3n) is 7.18. The Labute approximate surface area is 214 Å². The quantitative estimate of drug-likeness (QED) is 0.459. The van der Waals surface area contributed by atoms with E-state index in [1.54, 1.807) is 17.0 Å². The van der Waals surface area contributed by atoms with E-state index in [9.17, 15) is 18.8 Å². The maximum atomic E-state index is 14.3. The van der Waals surface area contributed by atoms with Gasteiger partial charge in [-0.3, -0.25) is 4.79 Å². The molecule has 36 heavy (non-hydrogen) atoms. The minimum absolute atomic E-state index is 0.217. The van der Waals surface area contributed by atoms with Crippen molar-refractivity contribution >= 4 is 40.9 Å². The fourth-order valence-corrected chi connectivity index (χ4v) is 5.51. The molecule has 3 amide bonds. The van der Waals surface area contributed by atoms with Gasteiger partial charge in [-0.2, -0.15) is 9.28 Å². The molecule has 0 saturated carbocycles. The third-order valence-corrected chi connectivity index (χ3v) is 7.50. The van der Waals surface area contributed by atoms with Crippen molar-refractivity contribution in [1.29, 1.82) is 0 Å². The van der Waals surface area contributed by atoms with Crippen LogP contribution in [0.1, 0.15) is 54.6 Å². The van der Waals surface area contributed by atoms with Crippen LogP contribution in [0.5, 0.6) is 0 Å². The van der Waals surface area contributed by atoms with Crippen LogP contribution in [-0.4, -0.2) is 55.2 Å². The van der Waals surface area contributed by atoms with Crippen LogP contribution in [0.15, 0.2) is 36.4 Å². The van der Waals surface area contributed by atoms with E-state index >= 15 is 0 Å². The lowest BCUT2D eigenvalue weighted by atomic mass is 10.0. The zero-order valence-electron chi connectivity index (χ0n) is 20.3. The molecule has 4 rings (SSSR count). The number of nitrogens with two attached hydrogens (primary N) is 1. The van der Waals surface area contributed by atoms with Crippen molar-refractivity contribution in [3.63, 3.8) is 0 Å². The lowest BCUT2D eigenvalue weighted by molar-refractivity contribution is -0.793. The first-order valence-corrected chi connectivity index (χ1v) is 12.3. The average Bonchev–Trinajstić information content (AvgIpc) is 3.15. The summed E-state index contributed by atoms with van der Waals surface area (Å²) in [5, 5.41) is 0.225. The van der Waals surface area contributed by atoms with Crippen molar-refractivity contribution in [1.82, 2.24) is 0 Å². The highest BCUT2D eigenvalue weighted by Crippen LogP contribution is 2.38. The molecular formula is C26H30ClFN3O5+. The van der Waals surface area contributed by atoms with Gasteiger partial charge < -0.3 is 20.1 Å². The Morgan fingerprint density at radius 1 is 1.17 bits per heavy atom. The molecule has 1 fully saturated rings. The van der Waals surface area contributed by atoms with Crippen molar-refractivity contribution in [2.24, 2.45) is 0 Å². The highest BCUT2D eigenvalue weighted by Gasteiger charge is 2.53. The van der Waals surface area contributed by atoms with Gasteiger partial charge >= 0.3 is 12.0 Å². The number of likely N-dealkylation sites (tertiary alicyclic amines) is 1. The van der Waals surface area contributed by atoms with Crippen LogP contribution >= 0.6 is 11.6 Å². The van der Waals surface area contributed by atoms with E-state index in [4.69, 9.17) is 26.8 Å². The molecule has 0 spiro atoms. The summed E-state index contributed by atoms with van der Waals surface area (Å²) in [5.74, 6) is -1.22. The molecule has 10 heteroatoms. The van der Waals surface area contributed by atoms with Crippen molar-refractivity contribution in [2.45, 2.75) is 44.8 Å². The SMILES string of the molecule is COC(=O)[N+]1(C(=O)COC2CCCN(C(=O)c3ccc(N)cc3Cl)c3ccc(F)cc32)CCC[C@H]1C. The molecule has 2 N–H and O–H groups in total. The summed E-state index contributed by atoms with van der Waals surface area (Å²) in [6.45, 7) is 2.23. The molecule has 192 valence electrons. The molecule has 2 aliphatic rings. The summed E-state index contributed by atoms with van der Waals surface area (Å²) >= 11 is 6.29. The molecule has 2 aromatic rings. The predicted octanol–water partition coefficient (Wildman–Crippen LogP) is 4.85. The number of fused-ring (bicyclic) bond motifs is 1. The first-order valence-electron chi connectivity index (χ1n) is 12.0. The van der Waals surface area contributed by atoms with E-state index in [-0.39, 0.29) is 29.1 Å². The van der Waals surface area contributed by atoms with Gasteiger partial charge in [0.15, 0.2) is 6.61 Å². The normalized spacial score (nSPS) is 23.6. The van der Waals surface area contributed by atoms with Gasteiger partial charge in [0.25, 0.3) is 5.91 Å². The number of anilines is 2. The van der Waals surface area contributed by atoms with Crippen molar-refractivity contribution in [3.8, 4) is 0 Å². The average molecular weight is 519 g/mol. The highest BCUT2D eigenvalue weighted by molar-refractivity contribution is 6.34. The second-order valence-corrected chi connectivity index (χ2v) is 9.70. The summed E-state index contributed by atoms with van der Waals surface area (Å²) in [6, 6.07) is 8.58. The van der Waals surface area contributed by atoms with Crippen LogP contribution in [0, 0.1) is 5.82 Å². The van der Waals surface area contributed by atoms with Gasteiger partial charge in [-0.1, -0.05) is 11.6 Å². The third kappa shape index (κ3) is 4.70. The molecule has 2 aliphatic heterocycles. The second-order valence-electron chi connectivity index (χ2n) is 9.29. The Morgan fingerprint density at radius 2 is 1.94 bits per heavy atom. The van der Waals surface area contributed by atoms with Gasteiger partial charge in [0.1, 0.15) is 11.9 Å². The minimum atomic E-state index is -0.644. The Kier molecular flexibility index (Phi) is 7.63. The number of quaternary nitrogens is 1. The molecule has 0 aromatic heterocycles. The number of nitrogens with zero attached hydrogens (tertiary/aromatic N) is 2. The number of benzene rings is 2. The first kappa shape index (κ1) is 26.1. The van der Waals surface area contributed by atoms with Gasteiger partial charge in [-0.25, -0.2) is 9.18 Å². The number of halogens is 2. The van der Waals surface area contributed by atoms with Gasteiger partial charge in [0, 0.05) is 36.3 Å². The molecular weight excluding hydrogens is 489 g/mol.